The molecule has 1 heterocycles. The average molecular weight is 328 g/mol. The number of carbonyl (C=O) groups is 1. The maximum atomic E-state index is 12.8. The summed E-state index contributed by atoms with van der Waals surface area (Å²) in [6, 6.07) is 9.76. The van der Waals surface area contributed by atoms with E-state index in [4.69, 9.17) is 10.5 Å². The van der Waals surface area contributed by atoms with Crippen LogP contribution in [0.4, 0.5) is 4.79 Å². The molecule has 2 unspecified atom stereocenters. The number of rotatable bonds is 3. The van der Waals surface area contributed by atoms with Gasteiger partial charge in [0, 0.05) is 6.54 Å². The van der Waals surface area contributed by atoms with Crippen LogP contribution in [0, 0.1) is 0 Å². The van der Waals surface area contributed by atoms with Crippen molar-refractivity contribution >= 4 is 11.7 Å². The number of amides is 1. The highest BCUT2D eigenvalue weighted by Crippen LogP contribution is 2.35. The van der Waals surface area contributed by atoms with Gasteiger partial charge in [-0.1, -0.05) is 48.1 Å². The fraction of sp³-hybridized carbons (Fsp3) is 0.450. The molecular formula is C20H28N2O2. The van der Waals surface area contributed by atoms with Crippen molar-refractivity contribution in [2.24, 2.45) is 5.73 Å². The zero-order chi connectivity index (χ0) is 17.9. The maximum absolute atomic E-state index is 12.8. The van der Waals surface area contributed by atoms with Crippen LogP contribution in [0.1, 0.15) is 40.2 Å². The summed E-state index contributed by atoms with van der Waals surface area (Å²) in [5, 5.41) is 0. The highest BCUT2D eigenvalue weighted by atomic mass is 16.6. The van der Waals surface area contributed by atoms with Crippen LogP contribution in [0.2, 0.25) is 0 Å². The van der Waals surface area contributed by atoms with Crippen molar-refractivity contribution in [1.82, 2.24) is 4.90 Å². The Hall–Kier alpha value is -2.07. The van der Waals surface area contributed by atoms with Gasteiger partial charge in [-0.3, -0.25) is 4.90 Å². The molecule has 2 N–H and O–H groups in total. The first kappa shape index (κ1) is 18.3. The van der Waals surface area contributed by atoms with Crippen LogP contribution in [-0.4, -0.2) is 35.2 Å². The fourth-order valence-electron chi connectivity index (χ4n) is 2.94. The Morgan fingerprint density at radius 2 is 1.92 bits per heavy atom. The van der Waals surface area contributed by atoms with Gasteiger partial charge < -0.3 is 10.5 Å². The first-order valence-electron chi connectivity index (χ1n) is 8.39. The Kier molecular flexibility index (Phi) is 5.50. The first-order chi connectivity index (χ1) is 11.3. The minimum absolute atomic E-state index is 0.131. The summed E-state index contributed by atoms with van der Waals surface area (Å²) in [7, 11) is 0. The molecule has 1 aliphatic rings. The summed E-state index contributed by atoms with van der Waals surface area (Å²) in [6.45, 7) is 9.99. The lowest BCUT2D eigenvalue weighted by Crippen LogP contribution is -2.48. The molecule has 1 aliphatic heterocycles. The van der Waals surface area contributed by atoms with Gasteiger partial charge in [0.2, 0.25) is 0 Å². The molecule has 2 rings (SSSR count). The van der Waals surface area contributed by atoms with E-state index in [-0.39, 0.29) is 18.2 Å². The predicted molar refractivity (Wildman–Crippen MR) is 98.6 cm³/mol. The molecule has 130 valence electrons. The Bertz CT molecular complexity index is 641. The van der Waals surface area contributed by atoms with E-state index in [2.05, 4.69) is 18.2 Å². The van der Waals surface area contributed by atoms with Crippen LogP contribution in [0.5, 0.6) is 0 Å². The lowest BCUT2D eigenvalue weighted by Gasteiger charge is -2.33. The summed E-state index contributed by atoms with van der Waals surface area (Å²) in [6.07, 6.45) is 3.83. The van der Waals surface area contributed by atoms with Gasteiger partial charge >= 0.3 is 6.09 Å². The van der Waals surface area contributed by atoms with Crippen LogP contribution in [0.3, 0.4) is 0 Å². The number of carbonyl (C=O) groups excluding carboxylic acids is 1. The van der Waals surface area contributed by atoms with Crippen molar-refractivity contribution in [2.75, 3.05) is 6.54 Å². The molecule has 0 radical (unpaired) electrons. The Balaban J connectivity index is 2.43. The van der Waals surface area contributed by atoms with E-state index in [0.717, 1.165) is 16.7 Å². The number of allylic oxidation sites excluding steroid dienone is 1. The van der Waals surface area contributed by atoms with Crippen LogP contribution in [-0.2, 0) is 4.74 Å². The third kappa shape index (κ3) is 3.88. The number of nitrogens with two attached hydrogens (primary N) is 1. The SMILES string of the molecule is C/C=C(\C)C1C=C(c2ccccc2)C(CN)N1C(=O)OC(C)(C)C. The second kappa shape index (κ2) is 7.22. The summed E-state index contributed by atoms with van der Waals surface area (Å²) in [4.78, 5) is 14.6. The number of hydrogen-bond donors (Lipinski definition) is 1. The van der Waals surface area contributed by atoms with Gasteiger partial charge in [0.1, 0.15) is 5.60 Å². The van der Waals surface area contributed by atoms with E-state index >= 15 is 0 Å². The van der Waals surface area contributed by atoms with Gasteiger partial charge in [0.25, 0.3) is 0 Å². The molecule has 1 amide bonds. The third-order valence-electron chi connectivity index (χ3n) is 4.19. The molecule has 0 aliphatic carbocycles. The van der Waals surface area contributed by atoms with E-state index in [9.17, 15) is 4.79 Å². The lowest BCUT2D eigenvalue weighted by molar-refractivity contribution is 0.0201. The van der Waals surface area contributed by atoms with Crippen molar-refractivity contribution in [1.29, 1.82) is 0 Å². The molecule has 4 nitrogen and oxygen atoms in total. The smallest absolute Gasteiger partial charge is 0.411 e. The minimum atomic E-state index is -0.542. The molecule has 0 aromatic heterocycles. The number of benzene rings is 1. The zero-order valence-corrected chi connectivity index (χ0v) is 15.2. The highest BCUT2D eigenvalue weighted by Gasteiger charge is 2.40. The van der Waals surface area contributed by atoms with Crippen molar-refractivity contribution < 1.29 is 9.53 Å². The number of hydrogen-bond acceptors (Lipinski definition) is 3. The Labute approximate surface area is 145 Å². The van der Waals surface area contributed by atoms with Crippen LogP contribution >= 0.6 is 0 Å². The van der Waals surface area contributed by atoms with Gasteiger partial charge in [0.05, 0.1) is 12.1 Å². The molecule has 24 heavy (non-hydrogen) atoms. The zero-order valence-electron chi connectivity index (χ0n) is 15.2. The molecule has 1 aromatic rings. The quantitative estimate of drug-likeness (QED) is 0.854. The molecule has 0 fully saturated rings. The molecule has 0 saturated carbocycles. The van der Waals surface area contributed by atoms with Gasteiger partial charge in [-0.25, -0.2) is 4.79 Å². The van der Waals surface area contributed by atoms with Gasteiger partial charge in [-0.15, -0.1) is 0 Å². The highest BCUT2D eigenvalue weighted by molar-refractivity contribution is 5.82. The summed E-state index contributed by atoms with van der Waals surface area (Å²) in [5.74, 6) is 0. The molecule has 1 aromatic carbocycles. The average Bonchev–Trinajstić information content (AvgIpc) is 2.93. The van der Waals surface area contributed by atoms with Crippen molar-refractivity contribution in [3.05, 3.63) is 53.6 Å². The Morgan fingerprint density at radius 3 is 2.42 bits per heavy atom. The van der Waals surface area contributed by atoms with Crippen LogP contribution in [0.25, 0.3) is 5.57 Å². The molecule has 0 spiro atoms. The van der Waals surface area contributed by atoms with E-state index < -0.39 is 5.60 Å². The Morgan fingerprint density at radius 1 is 1.29 bits per heavy atom. The molecule has 2 atom stereocenters. The van der Waals surface area contributed by atoms with Gasteiger partial charge in [-0.05, 0) is 45.8 Å². The summed E-state index contributed by atoms with van der Waals surface area (Å²) < 4.78 is 5.63. The van der Waals surface area contributed by atoms with Gasteiger partial charge in [0.15, 0.2) is 0 Å². The standard InChI is InChI=1S/C20H28N2O2/c1-6-14(2)17-12-16(15-10-8-7-9-11-15)18(13-21)22(17)19(23)24-20(3,4)5/h6-12,17-18H,13,21H2,1-5H3/b14-6+. The van der Waals surface area contributed by atoms with E-state index in [0.29, 0.717) is 6.54 Å². The number of nitrogens with zero attached hydrogens (tertiary/aromatic N) is 1. The van der Waals surface area contributed by atoms with E-state index in [1.165, 1.54) is 0 Å². The van der Waals surface area contributed by atoms with Crippen molar-refractivity contribution in [3.8, 4) is 0 Å². The molecule has 0 saturated heterocycles. The predicted octanol–water partition coefficient (Wildman–Crippen LogP) is 3.98. The lowest BCUT2D eigenvalue weighted by atomic mass is 10.00. The van der Waals surface area contributed by atoms with E-state index in [1.54, 1.807) is 4.90 Å². The maximum Gasteiger partial charge on any atom is 0.411 e. The number of ether oxygens (including phenoxy) is 1. The normalized spacial score (nSPS) is 21.7. The molecule has 4 heteroatoms. The van der Waals surface area contributed by atoms with Crippen LogP contribution in [0.15, 0.2) is 48.1 Å². The first-order valence-corrected chi connectivity index (χ1v) is 8.39. The largest absolute Gasteiger partial charge is 0.444 e. The second-order valence-corrected chi connectivity index (χ2v) is 7.10. The molecular weight excluding hydrogens is 300 g/mol. The van der Waals surface area contributed by atoms with E-state index in [1.807, 2.05) is 58.9 Å². The van der Waals surface area contributed by atoms with Gasteiger partial charge in [-0.2, -0.15) is 0 Å². The topological polar surface area (TPSA) is 55.6 Å². The summed E-state index contributed by atoms with van der Waals surface area (Å²) in [5.41, 5.74) is 8.78. The minimum Gasteiger partial charge on any atom is -0.444 e. The third-order valence-corrected chi connectivity index (χ3v) is 4.19. The molecule has 0 bridgehead atoms. The fourth-order valence-corrected chi connectivity index (χ4v) is 2.94. The van der Waals surface area contributed by atoms with Crippen molar-refractivity contribution in [2.45, 2.75) is 52.3 Å². The van der Waals surface area contributed by atoms with Crippen molar-refractivity contribution in [3.63, 3.8) is 0 Å². The second-order valence-electron chi connectivity index (χ2n) is 7.10. The van der Waals surface area contributed by atoms with Crippen LogP contribution < -0.4 is 5.73 Å². The monoisotopic (exact) mass is 328 g/mol. The summed E-state index contributed by atoms with van der Waals surface area (Å²) >= 11 is 0.